The molecule has 0 saturated heterocycles. The molecule has 0 aromatic carbocycles. The van der Waals surface area contributed by atoms with Crippen LogP contribution in [0.25, 0.3) is 0 Å². The average molecular weight is 224 g/mol. The summed E-state index contributed by atoms with van der Waals surface area (Å²) in [5.41, 5.74) is 0. The van der Waals surface area contributed by atoms with Crippen molar-refractivity contribution in [3.8, 4) is 0 Å². The van der Waals surface area contributed by atoms with Gasteiger partial charge in [-0.05, 0) is 13.8 Å². The quantitative estimate of drug-likeness (QED) is 0.687. The van der Waals surface area contributed by atoms with E-state index < -0.39 is 19.9 Å². The normalized spacial score (nSPS) is 9.54. The first-order chi connectivity index (χ1) is 5.86. The maximum atomic E-state index is 9.44. The predicted octanol–water partition coefficient (Wildman–Crippen LogP) is 2.34. The molecule has 0 N–H and O–H groups in total. The summed E-state index contributed by atoms with van der Waals surface area (Å²) in [6, 6.07) is 0. The molecule has 3 nitrogen and oxygen atoms in total. The van der Waals surface area contributed by atoms with E-state index in [9.17, 15) is 4.79 Å². The molecule has 0 aliphatic carbocycles. The Balaban J connectivity index is 0. The molecule has 0 atom stereocenters. The minimum absolute atomic E-state index is 0.167. The number of ketones is 1. The van der Waals surface area contributed by atoms with Gasteiger partial charge in [-0.3, -0.25) is 0 Å². The van der Waals surface area contributed by atoms with Crippen molar-refractivity contribution < 1.29 is 31.4 Å². The number of Topliss-reactive ketones (excluding diaryl/α,β-unsaturated/α-hetero) is 1. The molecule has 0 radical (unpaired) electrons. The van der Waals surface area contributed by atoms with Crippen LogP contribution in [0.15, 0.2) is 0 Å². The Morgan fingerprint density at radius 2 is 1.23 bits per heavy atom. The summed E-state index contributed by atoms with van der Waals surface area (Å²) < 4.78 is 10.5. The third-order valence-corrected chi connectivity index (χ3v) is 2.34. The van der Waals surface area contributed by atoms with Gasteiger partial charge >= 0.3 is 66.5 Å². The molecule has 78 valence electrons. The summed E-state index contributed by atoms with van der Waals surface area (Å²) in [7, 11) is 0. The van der Waals surface area contributed by atoms with E-state index in [0.717, 1.165) is 0 Å². The Labute approximate surface area is 91.1 Å². The van der Waals surface area contributed by atoms with Gasteiger partial charge in [0.05, 0.1) is 0 Å². The molecule has 0 heterocycles. The first-order valence-electron chi connectivity index (χ1n) is 4.39. The van der Waals surface area contributed by atoms with E-state index in [1.807, 2.05) is 27.7 Å². The van der Waals surface area contributed by atoms with Gasteiger partial charge < -0.3 is 4.79 Å². The molecule has 0 rings (SSSR count). The summed E-state index contributed by atoms with van der Waals surface area (Å²) in [6.07, 6.45) is 0.646. The Hall–Kier alpha value is 0.304. The van der Waals surface area contributed by atoms with Crippen LogP contribution in [0.3, 0.4) is 0 Å². The molecular weight excluding hydrogens is 204 g/mol. The summed E-state index contributed by atoms with van der Waals surface area (Å²) in [5, 5.41) is 0. The first-order valence-corrected chi connectivity index (χ1v) is 5.67. The Kier molecular flexibility index (Phi) is 12.6. The monoisotopic (exact) mass is 224 g/mol. The van der Waals surface area contributed by atoms with Crippen LogP contribution in [0.4, 0.5) is 0 Å². The summed E-state index contributed by atoms with van der Waals surface area (Å²) in [6.45, 7) is 11.1. The molecule has 0 unspecified atom stereocenters. The van der Waals surface area contributed by atoms with Gasteiger partial charge in [0.1, 0.15) is 5.78 Å². The Morgan fingerprint density at radius 3 is 1.38 bits per heavy atom. The van der Waals surface area contributed by atoms with Crippen molar-refractivity contribution in [3.05, 3.63) is 0 Å². The van der Waals surface area contributed by atoms with Gasteiger partial charge in [0.15, 0.2) is 0 Å². The van der Waals surface area contributed by atoms with E-state index in [1.54, 1.807) is 0 Å². The van der Waals surface area contributed by atoms with E-state index in [2.05, 4.69) is 0 Å². The van der Waals surface area contributed by atoms with Gasteiger partial charge in [0, 0.05) is 0 Å². The second-order valence-electron chi connectivity index (χ2n) is 3.32. The van der Waals surface area contributed by atoms with Gasteiger partial charge in [0.25, 0.3) is 0 Å². The second-order valence-corrected chi connectivity index (χ2v) is 4.32. The Bertz CT molecular complexity index is 112. The SMILES string of the molecule is CC(C)=O.CC(C)[O][Ti][O]C(C)C. The molecule has 0 aliphatic heterocycles. The van der Waals surface area contributed by atoms with Crippen molar-refractivity contribution in [2.24, 2.45) is 0 Å². The maximum absolute atomic E-state index is 9.44. The molecule has 4 heteroatoms. The van der Waals surface area contributed by atoms with Crippen molar-refractivity contribution in [3.63, 3.8) is 0 Å². The van der Waals surface area contributed by atoms with Crippen molar-refractivity contribution in [2.75, 3.05) is 0 Å². The van der Waals surface area contributed by atoms with Gasteiger partial charge in [-0.2, -0.15) is 0 Å². The fraction of sp³-hybridized carbons (Fsp3) is 0.889. The number of rotatable bonds is 4. The predicted molar refractivity (Wildman–Crippen MR) is 48.8 cm³/mol. The van der Waals surface area contributed by atoms with Crippen molar-refractivity contribution in [1.29, 1.82) is 0 Å². The van der Waals surface area contributed by atoms with E-state index in [0.29, 0.717) is 12.2 Å². The second kappa shape index (κ2) is 10.4. The van der Waals surface area contributed by atoms with Crippen molar-refractivity contribution in [2.45, 2.75) is 53.8 Å². The van der Waals surface area contributed by atoms with Crippen LogP contribution >= 0.6 is 0 Å². The molecule has 0 aromatic rings. The summed E-state index contributed by atoms with van der Waals surface area (Å²) >= 11 is -0.574. The minimum atomic E-state index is -0.574. The fourth-order valence-corrected chi connectivity index (χ4v) is 0.908. The third-order valence-electron chi connectivity index (χ3n) is 0.568. The molecule has 0 aliphatic rings. The van der Waals surface area contributed by atoms with Gasteiger partial charge in [-0.25, -0.2) is 0 Å². The third kappa shape index (κ3) is 32.9. The zero-order valence-electron chi connectivity index (χ0n) is 9.38. The van der Waals surface area contributed by atoms with Crippen LogP contribution in [0.5, 0.6) is 0 Å². The summed E-state index contributed by atoms with van der Waals surface area (Å²) in [4.78, 5) is 9.44. The van der Waals surface area contributed by atoms with Gasteiger partial charge in [0.2, 0.25) is 0 Å². The van der Waals surface area contributed by atoms with Crippen LogP contribution in [-0.2, 0) is 31.4 Å². The summed E-state index contributed by atoms with van der Waals surface area (Å²) in [5.74, 6) is 0.167. The number of carbonyl (C=O) groups is 1. The molecule has 0 bridgehead atoms. The average Bonchev–Trinajstić information content (AvgIpc) is 1.83. The first kappa shape index (κ1) is 15.8. The molecule has 0 aromatic heterocycles. The fourth-order valence-electron chi connectivity index (χ4n) is 0.220. The van der Waals surface area contributed by atoms with Crippen LogP contribution in [0.1, 0.15) is 41.5 Å². The van der Waals surface area contributed by atoms with E-state index in [1.165, 1.54) is 13.8 Å². The van der Waals surface area contributed by atoms with E-state index >= 15 is 0 Å². The van der Waals surface area contributed by atoms with Gasteiger partial charge in [-0.15, -0.1) is 0 Å². The van der Waals surface area contributed by atoms with Crippen LogP contribution in [0, 0.1) is 0 Å². The number of hydrogen-bond donors (Lipinski definition) is 0. The van der Waals surface area contributed by atoms with E-state index in [4.69, 9.17) is 6.64 Å². The molecule has 0 spiro atoms. The topological polar surface area (TPSA) is 35.5 Å². The van der Waals surface area contributed by atoms with Crippen LogP contribution < -0.4 is 0 Å². The number of carbonyl (C=O) groups excluding carboxylic acids is 1. The molecule has 0 saturated carbocycles. The number of hydrogen-bond acceptors (Lipinski definition) is 3. The van der Waals surface area contributed by atoms with Crippen molar-refractivity contribution in [1.82, 2.24) is 0 Å². The van der Waals surface area contributed by atoms with E-state index in [-0.39, 0.29) is 5.78 Å². The van der Waals surface area contributed by atoms with Crippen molar-refractivity contribution >= 4 is 5.78 Å². The van der Waals surface area contributed by atoms with Crippen LogP contribution in [0.2, 0.25) is 0 Å². The van der Waals surface area contributed by atoms with Gasteiger partial charge in [-0.1, -0.05) is 0 Å². The molecule has 0 amide bonds. The molecule has 13 heavy (non-hydrogen) atoms. The molecular formula is C9H20O3Ti. The zero-order valence-corrected chi connectivity index (χ0v) is 10.9. The zero-order chi connectivity index (χ0) is 10.9. The van der Waals surface area contributed by atoms with Crippen LogP contribution in [-0.4, -0.2) is 18.0 Å². The Morgan fingerprint density at radius 1 is 1.00 bits per heavy atom. The standard InChI is InChI=1S/2C3H7O.C3H6O.Ti/c3*1-3(2)4;/h2*3H,1-2H3;1-2H3;/q2*-1;;+2. The molecule has 0 fully saturated rings.